The van der Waals surface area contributed by atoms with Gasteiger partial charge in [-0.1, -0.05) is 108 Å². The van der Waals surface area contributed by atoms with E-state index >= 15 is 0 Å². The van der Waals surface area contributed by atoms with Crippen LogP contribution in [0.5, 0.6) is 0 Å². The van der Waals surface area contributed by atoms with Crippen LogP contribution in [-0.4, -0.2) is 0 Å². The van der Waals surface area contributed by atoms with E-state index in [9.17, 15) is 0 Å². The Morgan fingerprint density at radius 1 is 0.733 bits per heavy atom. The van der Waals surface area contributed by atoms with Gasteiger partial charge in [0.15, 0.2) is 4.29 Å². The highest BCUT2D eigenvalue weighted by molar-refractivity contribution is 9.39. The van der Waals surface area contributed by atoms with Crippen LogP contribution >= 0.6 is 95.6 Å². The van der Waals surface area contributed by atoms with Crippen LogP contribution in [0, 0.1) is 6.92 Å². The highest BCUT2D eigenvalue weighted by Crippen LogP contribution is 2.49. The zero-order chi connectivity index (χ0) is 11.9. The van der Waals surface area contributed by atoms with Crippen molar-refractivity contribution in [3.05, 3.63) is 41.8 Å². The third kappa shape index (κ3) is 4.70. The van der Waals surface area contributed by atoms with Crippen molar-refractivity contribution in [1.82, 2.24) is 0 Å². The molecule has 0 nitrogen and oxygen atoms in total. The largest absolute Gasteiger partial charge is 0.159 e. The van der Waals surface area contributed by atoms with E-state index < -0.39 is 4.29 Å². The van der Waals surface area contributed by atoms with Gasteiger partial charge in [0, 0.05) is 0 Å². The second-order valence-electron chi connectivity index (χ2n) is 2.91. The minimum absolute atomic E-state index is 0.423. The number of hydrogen-bond donors (Lipinski definition) is 0. The van der Waals surface area contributed by atoms with Crippen molar-refractivity contribution in [2.24, 2.45) is 0 Å². The molecule has 1 rings (SSSR count). The second kappa shape index (κ2) is 5.39. The van der Waals surface area contributed by atoms with Gasteiger partial charge in [-0.25, -0.2) is 0 Å². The Morgan fingerprint density at radius 3 is 1.33 bits per heavy atom. The first-order chi connectivity index (χ1) is 6.60. The molecule has 0 bridgehead atoms. The number of benzene rings is 1. The molecule has 1 aromatic carbocycles. The minimum Gasteiger partial charge on any atom is -0.0546 e. The number of rotatable bonds is 0. The fraction of sp³-hybridized carbons (Fsp3) is 0.222. The zero-order valence-corrected chi connectivity index (χ0v) is 16.7. The van der Waals surface area contributed by atoms with E-state index in [4.69, 9.17) is 0 Å². The van der Waals surface area contributed by atoms with Crippen molar-refractivity contribution in [3.63, 3.8) is 0 Å². The predicted molar refractivity (Wildman–Crippen MR) is 87.8 cm³/mol. The molecule has 0 amide bonds. The highest BCUT2D eigenvalue weighted by atomic mass is 80.0. The van der Waals surface area contributed by atoms with Crippen molar-refractivity contribution in [1.29, 1.82) is 0 Å². The SMILES string of the molecule is [CH2]c1cc(C(Br)(Br)Br)cc(C(Br)(Br)Br)c1. The third-order valence-corrected chi connectivity index (χ3v) is 4.39. The first-order valence-corrected chi connectivity index (χ1v) is 8.48. The van der Waals surface area contributed by atoms with E-state index in [1.807, 2.05) is 18.2 Å². The molecule has 0 aromatic heterocycles. The Labute approximate surface area is 140 Å². The summed E-state index contributed by atoms with van der Waals surface area (Å²) in [7, 11) is 0. The molecule has 1 radical (unpaired) electrons. The lowest BCUT2D eigenvalue weighted by Crippen LogP contribution is -2.04. The third-order valence-electron chi connectivity index (χ3n) is 1.65. The van der Waals surface area contributed by atoms with Crippen molar-refractivity contribution in [2.45, 2.75) is 4.29 Å². The van der Waals surface area contributed by atoms with E-state index in [0.717, 1.165) is 16.7 Å². The number of hydrogen-bond acceptors (Lipinski definition) is 0. The van der Waals surface area contributed by atoms with Gasteiger partial charge in [-0.15, -0.1) is 0 Å². The molecule has 0 fully saturated rings. The van der Waals surface area contributed by atoms with Crippen molar-refractivity contribution >= 4 is 95.6 Å². The molecule has 0 aliphatic heterocycles. The Kier molecular flexibility index (Phi) is 5.45. The topological polar surface area (TPSA) is 0 Å². The van der Waals surface area contributed by atoms with E-state index in [1.165, 1.54) is 0 Å². The van der Waals surface area contributed by atoms with Crippen molar-refractivity contribution in [3.8, 4) is 0 Å². The Balaban J connectivity index is 3.30. The van der Waals surface area contributed by atoms with Gasteiger partial charge in [0.05, 0.1) is 0 Å². The van der Waals surface area contributed by atoms with Gasteiger partial charge in [0.2, 0.25) is 0 Å². The van der Waals surface area contributed by atoms with Gasteiger partial charge in [-0.2, -0.15) is 0 Å². The van der Waals surface area contributed by atoms with Crippen LogP contribution in [0.3, 0.4) is 0 Å². The van der Waals surface area contributed by atoms with E-state index in [2.05, 4.69) is 103 Å². The zero-order valence-electron chi connectivity index (χ0n) is 7.21. The minimum atomic E-state index is -0.423. The molecule has 0 saturated heterocycles. The van der Waals surface area contributed by atoms with Crippen molar-refractivity contribution < 1.29 is 0 Å². The van der Waals surface area contributed by atoms with Gasteiger partial charge >= 0.3 is 0 Å². The molecule has 6 heteroatoms. The Hall–Kier alpha value is 2.10. The fourth-order valence-electron chi connectivity index (χ4n) is 1.02. The molecular formula is C9H5Br6. The molecule has 83 valence electrons. The van der Waals surface area contributed by atoms with Crippen LogP contribution in [0.25, 0.3) is 0 Å². The molecule has 0 heterocycles. The summed E-state index contributed by atoms with van der Waals surface area (Å²) in [6.45, 7) is 3.94. The molecule has 0 aliphatic carbocycles. The molecule has 0 N–H and O–H groups in total. The maximum Gasteiger partial charge on any atom is 0.159 e. The van der Waals surface area contributed by atoms with Crippen LogP contribution in [0.4, 0.5) is 0 Å². The summed E-state index contributed by atoms with van der Waals surface area (Å²) in [6, 6.07) is 6.01. The second-order valence-corrected chi connectivity index (χ2v) is 16.4. The Bertz CT molecular complexity index is 328. The molecule has 0 saturated carbocycles. The maximum atomic E-state index is 3.94. The molecular weight excluding hydrogens is 588 g/mol. The van der Waals surface area contributed by atoms with Gasteiger partial charge in [0.1, 0.15) is 0 Å². The quantitative estimate of drug-likeness (QED) is 0.304. The monoisotopic (exact) mass is 587 g/mol. The molecule has 0 atom stereocenters. The van der Waals surface area contributed by atoms with Gasteiger partial charge in [0.25, 0.3) is 0 Å². The average Bonchev–Trinajstić information content (AvgIpc) is 1.99. The lowest BCUT2D eigenvalue weighted by atomic mass is 10.1. The molecule has 1 aromatic rings. The van der Waals surface area contributed by atoms with Crippen LogP contribution < -0.4 is 0 Å². The first kappa shape index (κ1) is 15.2. The summed E-state index contributed by atoms with van der Waals surface area (Å²) in [5, 5.41) is 0. The van der Waals surface area contributed by atoms with Crippen LogP contribution in [0.15, 0.2) is 18.2 Å². The van der Waals surface area contributed by atoms with Crippen LogP contribution in [0.1, 0.15) is 16.7 Å². The Morgan fingerprint density at radius 2 is 1.07 bits per heavy atom. The normalized spacial score (nSPS) is 13.0. The summed E-state index contributed by atoms with van der Waals surface area (Å²) in [5.41, 5.74) is 3.01. The summed E-state index contributed by atoms with van der Waals surface area (Å²) >= 11 is 20.9. The van der Waals surface area contributed by atoms with E-state index in [0.29, 0.717) is 0 Å². The van der Waals surface area contributed by atoms with Crippen molar-refractivity contribution in [2.75, 3.05) is 0 Å². The molecule has 0 unspecified atom stereocenters. The van der Waals surface area contributed by atoms with Gasteiger partial charge < -0.3 is 0 Å². The highest BCUT2D eigenvalue weighted by Gasteiger charge is 2.26. The summed E-state index contributed by atoms with van der Waals surface area (Å²) in [4.78, 5) is 0. The van der Waals surface area contributed by atoms with Crippen LogP contribution in [0.2, 0.25) is 0 Å². The molecule has 0 spiro atoms. The smallest absolute Gasteiger partial charge is 0.0546 e. The summed E-state index contributed by atoms with van der Waals surface area (Å²) in [5.74, 6) is 0. The first-order valence-electron chi connectivity index (χ1n) is 3.72. The number of halogens is 6. The maximum absolute atomic E-state index is 3.94. The predicted octanol–water partition coefficient (Wildman–Crippen LogP) is 6.46. The lowest BCUT2D eigenvalue weighted by Gasteiger charge is -2.19. The van der Waals surface area contributed by atoms with Gasteiger partial charge in [-0.3, -0.25) is 0 Å². The molecule has 0 aliphatic rings. The van der Waals surface area contributed by atoms with Gasteiger partial charge in [-0.05, 0) is 29.7 Å². The fourth-order valence-corrected chi connectivity index (χ4v) is 2.39. The summed E-state index contributed by atoms with van der Waals surface area (Å²) < 4.78 is -0.846. The number of alkyl halides is 6. The lowest BCUT2D eigenvalue weighted by molar-refractivity contribution is 1.27. The van der Waals surface area contributed by atoms with E-state index in [1.54, 1.807) is 0 Å². The molecule has 15 heavy (non-hydrogen) atoms. The van der Waals surface area contributed by atoms with E-state index in [-0.39, 0.29) is 0 Å². The average molecular weight is 593 g/mol. The standard InChI is InChI=1S/C9H5Br6/c1-5-2-6(8(10,11)12)4-7(3-5)9(13,14)15/h2-4H,1H2. The summed E-state index contributed by atoms with van der Waals surface area (Å²) in [6.07, 6.45) is 0. The van der Waals surface area contributed by atoms with Crippen LogP contribution in [-0.2, 0) is 4.29 Å².